The molecule has 0 amide bonds. The van der Waals surface area contributed by atoms with Crippen LogP contribution < -0.4 is 5.56 Å². The van der Waals surface area contributed by atoms with E-state index in [4.69, 9.17) is 22.1 Å². The number of para-hydroxylation sites is 1. The van der Waals surface area contributed by atoms with Gasteiger partial charge in [-0.15, -0.1) is 5.10 Å². The molecule has 1 aliphatic heterocycles. The number of rotatable bonds is 4. The molecule has 2 aromatic heterocycles. The van der Waals surface area contributed by atoms with Gasteiger partial charge in [-0.2, -0.15) is 0 Å². The van der Waals surface area contributed by atoms with Crippen LogP contribution in [-0.4, -0.2) is 50.0 Å². The average Bonchev–Trinajstić information content (AvgIpc) is 2.96. The van der Waals surface area contributed by atoms with Gasteiger partial charge in [0.1, 0.15) is 0 Å². The first-order valence-corrected chi connectivity index (χ1v) is 9.02. The number of aromatic nitrogens is 4. The Morgan fingerprint density at radius 1 is 1.24 bits per heavy atom. The number of benzene rings is 1. The first kappa shape index (κ1) is 16.4. The number of morpholine rings is 1. The number of hydrogen-bond donors (Lipinski definition) is 0. The van der Waals surface area contributed by atoms with Gasteiger partial charge in [0.05, 0.1) is 30.8 Å². The molecule has 1 fully saturated rings. The molecule has 25 heavy (non-hydrogen) atoms. The fourth-order valence-electron chi connectivity index (χ4n) is 3.32. The fourth-order valence-corrected chi connectivity index (χ4v) is 3.60. The van der Waals surface area contributed by atoms with E-state index in [2.05, 4.69) is 11.8 Å². The SMILES string of the molecule is CCCn1c(=O)c2ccccc2n2c(=S)n(CN3CCOCC3)nc12. The molecule has 0 aliphatic carbocycles. The summed E-state index contributed by atoms with van der Waals surface area (Å²) >= 11 is 5.70. The molecule has 3 aromatic rings. The molecule has 0 N–H and O–H groups in total. The van der Waals surface area contributed by atoms with Gasteiger partial charge in [-0.1, -0.05) is 19.1 Å². The van der Waals surface area contributed by atoms with Crippen molar-refractivity contribution < 1.29 is 4.74 Å². The number of ether oxygens (including phenoxy) is 1. The lowest BCUT2D eigenvalue weighted by atomic mass is 10.2. The van der Waals surface area contributed by atoms with Gasteiger partial charge in [-0.3, -0.25) is 18.7 Å². The van der Waals surface area contributed by atoms with Gasteiger partial charge >= 0.3 is 0 Å². The van der Waals surface area contributed by atoms with Crippen LogP contribution in [0.5, 0.6) is 0 Å². The second-order valence-corrected chi connectivity index (χ2v) is 6.63. The monoisotopic (exact) mass is 359 g/mol. The lowest BCUT2D eigenvalue weighted by Gasteiger charge is -2.25. The molecule has 0 spiro atoms. The highest BCUT2D eigenvalue weighted by atomic mass is 32.1. The van der Waals surface area contributed by atoms with Gasteiger partial charge in [-0.25, -0.2) is 4.68 Å². The maximum absolute atomic E-state index is 12.9. The second-order valence-electron chi connectivity index (χ2n) is 6.26. The molecule has 0 bridgehead atoms. The van der Waals surface area contributed by atoms with Gasteiger partial charge in [0.15, 0.2) is 0 Å². The molecule has 0 radical (unpaired) electrons. The van der Waals surface area contributed by atoms with E-state index in [1.165, 1.54) is 0 Å². The summed E-state index contributed by atoms with van der Waals surface area (Å²) in [6, 6.07) is 7.58. The Balaban J connectivity index is 1.94. The van der Waals surface area contributed by atoms with E-state index in [0.29, 0.717) is 29.1 Å². The Kier molecular flexibility index (Phi) is 4.41. The van der Waals surface area contributed by atoms with Gasteiger partial charge in [-0.05, 0) is 30.8 Å². The molecule has 132 valence electrons. The van der Waals surface area contributed by atoms with Crippen molar-refractivity contribution in [2.45, 2.75) is 26.6 Å². The van der Waals surface area contributed by atoms with E-state index in [0.717, 1.165) is 38.2 Å². The Morgan fingerprint density at radius 3 is 2.76 bits per heavy atom. The molecule has 8 heteroatoms. The summed E-state index contributed by atoms with van der Waals surface area (Å²) in [4.78, 5) is 15.1. The molecular formula is C17H21N5O2S. The first-order valence-electron chi connectivity index (χ1n) is 8.62. The summed E-state index contributed by atoms with van der Waals surface area (Å²) in [5, 5.41) is 5.36. The third-order valence-corrected chi connectivity index (χ3v) is 4.96. The lowest BCUT2D eigenvalue weighted by Crippen LogP contribution is -2.37. The lowest BCUT2D eigenvalue weighted by molar-refractivity contribution is 0.0210. The van der Waals surface area contributed by atoms with Crippen molar-refractivity contribution in [2.75, 3.05) is 26.3 Å². The Hall–Kier alpha value is -2.03. The van der Waals surface area contributed by atoms with Crippen LogP contribution in [0.25, 0.3) is 16.7 Å². The highest BCUT2D eigenvalue weighted by Gasteiger charge is 2.17. The molecule has 1 aliphatic rings. The molecule has 7 nitrogen and oxygen atoms in total. The molecule has 0 atom stereocenters. The highest BCUT2D eigenvalue weighted by molar-refractivity contribution is 7.71. The van der Waals surface area contributed by atoms with Gasteiger partial charge in [0.25, 0.3) is 5.56 Å². The summed E-state index contributed by atoms with van der Waals surface area (Å²) < 4.78 is 11.5. The maximum Gasteiger partial charge on any atom is 0.262 e. The van der Waals surface area contributed by atoms with E-state index in [-0.39, 0.29) is 5.56 Å². The van der Waals surface area contributed by atoms with Crippen LogP contribution in [0.3, 0.4) is 0 Å². The quantitative estimate of drug-likeness (QED) is 0.666. The largest absolute Gasteiger partial charge is 0.379 e. The minimum Gasteiger partial charge on any atom is -0.379 e. The first-order chi connectivity index (χ1) is 12.2. The van der Waals surface area contributed by atoms with E-state index in [1.54, 1.807) is 4.57 Å². The van der Waals surface area contributed by atoms with Gasteiger partial charge in [0.2, 0.25) is 10.5 Å². The normalized spacial score (nSPS) is 16.0. The predicted molar refractivity (Wildman–Crippen MR) is 98.5 cm³/mol. The van der Waals surface area contributed by atoms with Crippen LogP contribution in [0.2, 0.25) is 0 Å². The predicted octanol–water partition coefficient (Wildman–Crippen LogP) is 1.88. The third kappa shape index (κ3) is 2.80. The summed E-state index contributed by atoms with van der Waals surface area (Å²) in [7, 11) is 0. The zero-order valence-corrected chi connectivity index (χ0v) is 15.0. The zero-order chi connectivity index (χ0) is 17.4. The number of nitrogens with zero attached hydrogens (tertiary/aromatic N) is 5. The summed E-state index contributed by atoms with van der Waals surface area (Å²) in [6.45, 7) is 6.46. The molecule has 0 saturated carbocycles. The summed E-state index contributed by atoms with van der Waals surface area (Å²) in [5.74, 6) is 0.615. The Bertz CT molecular complexity index is 1030. The van der Waals surface area contributed by atoms with E-state index < -0.39 is 0 Å². The number of aryl methyl sites for hydroxylation is 1. The minimum atomic E-state index is -0.0107. The molecule has 0 unspecified atom stereocenters. The summed E-state index contributed by atoms with van der Waals surface area (Å²) in [5.41, 5.74) is 0.802. The van der Waals surface area contributed by atoms with Crippen LogP contribution in [-0.2, 0) is 18.0 Å². The smallest absolute Gasteiger partial charge is 0.262 e. The van der Waals surface area contributed by atoms with Crippen molar-refractivity contribution in [2.24, 2.45) is 0 Å². The third-order valence-electron chi connectivity index (χ3n) is 4.57. The van der Waals surface area contributed by atoms with Crippen molar-refractivity contribution in [1.29, 1.82) is 0 Å². The van der Waals surface area contributed by atoms with Gasteiger partial charge < -0.3 is 4.74 Å². The van der Waals surface area contributed by atoms with Crippen molar-refractivity contribution in [3.63, 3.8) is 0 Å². The van der Waals surface area contributed by atoms with Crippen LogP contribution in [0.1, 0.15) is 13.3 Å². The fraction of sp³-hybridized carbons (Fsp3) is 0.471. The van der Waals surface area contributed by atoms with Gasteiger partial charge in [0, 0.05) is 19.6 Å². The Labute approximate surface area is 150 Å². The zero-order valence-electron chi connectivity index (χ0n) is 14.2. The topological polar surface area (TPSA) is 56.7 Å². The molecular weight excluding hydrogens is 338 g/mol. The van der Waals surface area contributed by atoms with Crippen LogP contribution in [0.15, 0.2) is 29.1 Å². The second kappa shape index (κ2) is 6.70. The standard InChI is InChI=1S/C17H21N5O2S/c1-2-7-20-15(23)13-5-3-4-6-14(13)22-16(20)18-21(17(22)25)12-19-8-10-24-11-9-19/h3-6H,2,7-12H2,1H3. The van der Waals surface area contributed by atoms with E-state index in [1.807, 2.05) is 33.3 Å². The average molecular weight is 359 g/mol. The Morgan fingerprint density at radius 2 is 2.00 bits per heavy atom. The van der Waals surface area contributed by atoms with E-state index >= 15 is 0 Å². The van der Waals surface area contributed by atoms with Crippen molar-refractivity contribution >= 4 is 28.9 Å². The van der Waals surface area contributed by atoms with E-state index in [9.17, 15) is 4.79 Å². The van der Waals surface area contributed by atoms with Crippen LogP contribution >= 0.6 is 12.2 Å². The number of fused-ring (bicyclic) bond motifs is 3. The van der Waals surface area contributed by atoms with Crippen molar-refractivity contribution in [3.05, 3.63) is 39.4 Å². The van der Waals surface area contributed by atoms with Crippen molar-refractivity contribution in [1.82, 2.24) is 23.6 Å². The van der Waals surface area contributed by atoms with Crippen LogP contribution in [0, 0.1) is 4.77 Å². The van der Waals surface area contributed by atoms with Crippen molar-refractivity contribution in [3.8, 4) is 0 Å². The molecule has 4 rings (SSSR count). The highest BCUT2D eigenvalue weighted by Crippen LogP contribution is 2.15. The molecule has 1 saturated heterocycles. The van der Waals surface area contributed by atoms with Crippen LogP contribution in [0.4, 0.5) is 0 Å². The molecule has 1 aromatic carbocycles. The number of hydrogen-bond acceptors (Lipinski definition) is 5. The summed E-state index contributed by atoms with van der Waals surface area (Å²) in [6.07, 6.45) is 0.858. The minimum absolute atomic E-state index is 0.0107. The molecule has 3 heterocycles. The maximum atomic E-state index is 12.9.